The molecule has 1 heterocycles. The molecule has 0 spiro atoms. The van der Waals surface area contributed by atoms with Crippen LogP contribution in [0.3, 0.4) is 0 Å². The van der Waals surface area contributed by atoms with E-state index in [1.807, 2.05) is 31.7 Å². The van der Waals surface area contributed by atoms with Crippen LogP contribution in [0, 0.1) is 0 Å². The number of aliphatic hydroxyl groups is 1. The molecule has 0 aromatic heterocycles. The van der Waals surface area contributed by atoms with Crippen LogP contribution in [0.1, 0.15) is 31.7 Å². The van der Waals surface area contributed by atoms with Crippen molar-refractivity contribution >= 4 is 11.8 Å². The minimum Gasteiger partial charge on any atom is -0.497 e. The zero-order chi connectivity index (χ0) is 11.8. The summed E-state index contributed by atoms with van der Waals surface area (Å²) in [5.41, 5.74) is 0.724. The summed E-state index contributed by atoms with van der Waals surface area (Å²) >= 11 is 1.87. The summed E-state index contributed by atoms with van der Waals surface area (Å²) in [5, 5.41) is 9.89. The average Bonchev–Trinajstić information content (AvgIpc) is 2.58. The van der Waals surface area contributed by atoms with Crippen LogP contribution >= 0.6 is 11.8 Å². The van der Waals surface area contributed by atoms with Crippen LogP contribution in [-0.4, -0.2) is 23.6 Å². The molecule has 1 aliphatic heterocycles. The number of ether oxygens (including phenoxy) is 1. The van der Waals surface area contributed by atoms with Crippen molar-refractivity contribution in [1.82, 2.24) is 0 Å². The first-order chi connectivity index (χ1) is 7.49. The number of methoxy groups -OCH3 is 1. The Labute approximate surface area is 101 Å². The van der Waals surface area contributed by atoms with Gasteiger partial charge in [0, 0.05) is 10.6 Å². The first kappa shape index (κ1) is 11.8. The van der Waals surface area contributed by atoms with Crippen LogP contribution in [-0.2, 0) is 0 Å². The van der Waals surface area contributed by atoms with Gasteiger partial charge in [0.15, 0.2) is 0 Å². The van der Waals surface area contributed by atoms with Gasteiger partial charge in [-0.25, -0.2) is 0 Å². The summed E-state index contributed by atoms with van der Waals surface area (Å²) < 4.78 is 5.25. The van der Waals surface area contributed by atoms with Crippen molar-refractivity contribution < 1.29 is 9.84 Å². The highest BCUT2D eigenvalue weighted by Gasteiger charge is 2.28. The summed E-state index contributed by atoms with van der Waals surface area (Å²) in [7, 11) is 1.69. The summed E-state index contributed by atoms with van der Waals surface area (Å²) in [4.78, 5) is 1.33. The lowest BCUT2D eigenvalue weighted by molar-refractivity contribution is 0.0652. The van der Waals surface area contributed by atoms with Gasteiger partial charge in [-0.1, -0.05) is 0 Å². The highest BCUT2D eigenvalue weighted by molar-refractivity contribution is 7.99. The average molecular weight is 238 g/mol. The topological polar surface area (TPSA) is 29.5 Å². The maximum Gasteiger partial charge on any atom is 0.119 e. The van der Waals surface area contributed by atoms with E-state index in [1.165, 1.54) is 10.5 Å². The van der Waals surface area contributed by atoms with Gasteiger partial charge in [-0.05, 0) is 49.9 Å². The first-order valence-electron chi connectivity index (χ1n) is 5.53. The molecule has 3 heteroatoms. The predicted octanol–water partition coefficient (Wildman–Crippen LogP) is 3.05. The van der Waals surface area contributed by atoms with Gasteiger partial charge in [-0.15, -0.1) is 11.8 Å². The standard InChI is InChI=1S/C13H18O2S/c1-13(2,14)7-9-8-16-12-5-4-10(15-3)6-11(9)12/h4-6,9,14H,7-8H2,1-3H3. The lowest BCUT2D eigenvalue weighted by Crippen LogP contribution is -2.22. The van der Waals surface area contributed by atoms with Crippen molar-refractivity contribution in [2.24, 2.45) is 0 Å². The molecule has 16 heavy (non-hydrogen) atoms. The van der Waals surface area contributed by atoms with E-state index in [2.05, 4.69) is 12.1 Å². The van der Waals surface area contributed by atoms with Gasteiger partial charge in [-0.2, -0.15) is 0 Å². The predicted molar refractivity (Wildman–Crippen MR) is 67.4 cm³/mol. The van der Waals surface area contributed by atoms with Gasteiger partial charge in [-0.3, -0.25) is 0 Å². The third-order valence-electron chi connectivity index (χ3n) is 2.84. The molecule has 2 nitrogen and oxygen atoms in total. The van der Waals surface area contributed by atoms with E-state index in [0.29, 0.717) is 5.92 Å². The highest BCUT2D eigenvalue weighted by Crippen LogP contribution is 2.44. The Morgan fingerprint density at radius 2 is 2.25 bits per heavy atom. The van der Waals surface area contributed by atoms with Crippen LogP contribution in [0.2, 0.25) is 0 Å². The van der Waals surface area contributed by atoms with Crippen LogP contribution in [0.4, 0.5) is 0 Å². The Hall–Kier alpha value is -0.670. The maximum atomic E-state index is 9.89. The number of thioether (sulfide) groups is 1. The van der Waals surface area contributed by atoms with Crippen molar-refractivity contribution in [3.63, 3.8) is 0 Å². The molecule has 1 aromatic carbocycles. The van der Waals surface area contributed by atoms with Crippen molar-refractivity contribution in [2.45, 2.75) is 36.7 Å². The van der Waals surface area contributed by atoms with Gasteiger partial charge in [0.05, 0.1) is 12.7 Å². The fourth-order valence-electron chi connectivity index (χ4n) is 2.16. The second-order valence-corrected chi connectivity index (χ2v) is 5.99. The minimum atomic E-state index is -0.601. The molecule has 0 amide bonds. The lowest BCUT2D eigenvalue weighted by Gasteiger charge is -2.22. The fourth-order valence-corrected chi connectivity index (χ4v) is 3.39. The largest absolute Gasteiger partial charge is 0.497 e. The number of hydrogen-bond donors (Lipinski definition) is 1. The molecule has 0 aliphatic carbocycles. The van der Waals surface area contributed by atoms with Crippen LogP contribution in [0.5, 0.6) is 5.75 Å². The third-order valence-corrected chi connectivity index (χ3v) is 4.09. The molecule has 1 aromatic rings. The van der Waals surface area contributed by atoms with E-state index < -0.39 is 5.60 Å². The second-order valence-electron chi connectivity index (χ2n) is 4.93. The van der Waals surface area contributed by atoms with E-state index in [-0.39, 0.29) is 0 Å². The Balaban J connectivity index is 2.24. The van der Waals surface area contributed by atoms with Crippen molar-refractivity contribution in [3.8, 4) is 5.75 Å². The second kappa shape index (κ2) is 4.30. The number of benzene rings is 1. The number of fused-ring (bicyclic) bond motifs is 1. The summed E-state index contributed by atoms with van der Waals surface area (Å²) in [6.45, 7) is 3.74. The summed E-state index contributed by atoms with van der Waals surface area (Å²) in [6.07, 6.45) is 0.806. The van der Waals surface area contributed by atoms with Crippen LogP contribution in [0.15, 0.2) is 23.1 Å². The van der Waals surface area contributed by atoms with Gasteiger partial charge < -0.3 is 9.84 Å². The molecule has 2 rings (SSSR count). The van der Waals surface area contributed by atoms with Gasteiger partial charge in [0.2, 0.25) is 0 Å². The highest BCUT2D eigenvalue weighted by atomic mass is 32.2. The lowest BCUT2D eigenvalue weighted by atomic mass is 9.89. The number of rotatable bonds is 3. The van der Waals surface area contributed by atoms with Crippen molar-refractivity contribution in [1.29, 1.82) is 0 Å². The summed E-state index contributed by atoms with van der Waals surface area (Å²) in [6, 6.07) is 6.22. The molecule has 0 saturated heterocycles. The van der Waals surface area contributed by atoms with E-state index in [9.17, 15) is 5.11 Å². The summed E-state index contributed by atoms with van der Waals surface area (Å²) in [5.74, 6) is 2.41. The smallest absolute Gasteiger partial charge is 0.119 e. The maximum absolute atomic E-state index is 9.89. The van der Waals surface area contributed by atoms with E-state index in [1.54, 1.807) is 7.11 Å². The SMILES string of the molecule is COc1ccc2c(c1)C(CC(C)(C)O)CS2. The van der Waals surface area contributed by atoms with Gasteiger partial charge in [0.1, 0.15) is 5.75 Å². The Kier molecular flexibility index (Phi) is 3.17. The Bertz CT molecular complexity index is 382. The van der Waals surface area contributed by atoms with E-state index in [0.717, 1.165) is 17.9 Å². The molecule has 0 saturated carbocycles. The van der Waals surface area contributed by atoms with Crippen LogP contribution in [0.25, 0.3) is 0 Å². The number of hydrogen-bond acceptors (Lipinski definition) is 3. The normalized spacial score (nSPS) is 19.6. The van der Waals surface area contributed by atoms with Crippen LogP contribution < -0.4 is 4.74 Å². The quantitative estimate of drug-likeness (QED) is 0.877. The monoisotopic (exact) mass is 238 g/mol. The molecule has 1 unspecified atom stereocenters. The molecule has 88 valence electrons. The Morgan fingerprint density at radius 1 is 1.50 bits per heavy atom. The fraction of sp³-hybridized carbons (Fsp3) is 0.538. The van der Waals surface area contributed by atoms with Gasteiger partial charge >= 0.3 is 0 Å². The third kappa shape index (κ3) is 2.53. The van der Waals surface area contributed by atoms with Crippen molar-refractivity contribution in [2.75, 3.05) is 12.9 Å². The zero-order valence-corrected chi connectivity index (χ0v) is 10.8. The molecular weight excluding hydrogens is 220 g/mol. The van der Waals surface area contributed by atoms with Gasteiger partial charge in [0.25, 0.3) is 0 Å². The molecule has 1 atom stereocenters. The van der Waals surface area contributed by atoms with Crippen molar-refractivity contribution in [3.05, 3.63) is 23.8 Å². The first-order valence-corrected chi connectivity index (χ1v) is 6.51. The molecule has 1 N–H and O–H groups in total. The molecule has 0 bridgehead atoms. The molecular formula is C13H18O2S. The van der Waals surface area contributed by atoms with E-state index >= 15 is 0 Å². The molecule has 0 radical (unpaired) electrons. The Morgan fingerprint density at radius 3 is 2.88 bits per heavy atom. The molecule has 0 fully saturated rings. The minimum absolute atomic E-state index is 0.440. The zero-order valence-electron chi connectivity index (χ0n) is 9.99. The molecule has 1 aliphatic rings. The van der Waals surface area contributed by atoms with E-state index in [4.69, 9.17) is 4.74 Å².